The van der Waals surface area contributed by atoms with Crippen LogP contribution in [0.3, 0.4) is 0 Å². The quantitative estimate of drug-likeness (QED) is 0.827. The molecule has 0 amide bonds. The molecule has 19 heavy (non-hydrogen) atoms. The predicted molar refractivity (Wildman–Crippen MR) is 76.9 cm³/mol. The van der Waals surface area contributed by atoms with Gasteiger partial charge in [-0.15, -0.1) is 0 Å². The lowest BCUT2D eigenvalue weighted by Gasteiger charge is -2.46. The van der Waals surface area contributed by atoms with E-state index in [0.717, 1.165) is 31.1 Å². The van der Waals surface area contributed by atoms with E-state index in [1.165, 1.54) is 19.3 Å². The van der Waals surface area contributed by atoms with Crippen molar-refractivity contribution < 1.29 is 9.84 Å². The van der Waals surface area contributed by atoms with Gasteiger partial charge in [-0.3, -0.25) is 0 Å². The van der Waals surface area contributed by atoms with Crippen molar-refractivity contribution in [3.05, 3.63) is 0 Å². The molecule has 6 atom stereocenters. The molecule has 2 bridgehead atoms. The molecule has 3 saturated carbocycles. The first-order chi connectivity index (χ1) is 8.90. The summed E-state index contributed by atoms with van der Waals surface area (Å²) in [6, 6.07) is 0. The van der Waals surface area contributed by atoms with E-state index in [0.29, 0.717) is 16.7 Å². The fourth-order valence-electron chi connectivity index (χ4n) is 5.73. The third kappa shape index (κ3) is 1.82. The Balaban J connectivity index is 1.78. The maximum atomic E-state index is 10.6. The van der Waals surface area contributed by atoms with E-state index in [9.17, 15) is 5.11 Å². The summed E-state index contributed by atoms with van der Waals surface area (Å²) in [5.74, 6) is 2.13. The van der Waals surface area contributed by atoms with Crippen LogP contribution >= 0.6 is 0 Å². The second-order valence-corrected chi connectivity index (χ2v) is 8.12. The zero-order valence-corrected chi connectivity index (χ0v) is 13.0. The van der Waals surface area contributed by atoms with Crippen LogP contribution in [-0.2, 0) is 4.74 Å². The lowest BCUT2D eigenvalue weighted by atomic mass is 9.60. The molecular formula is C17H30O2. The van der Waals surface area contributed by atoms with Crippen LogP contribution in [0, 0.1) is 28.6 Å². The van der Waals surface area contributed by atoms with Crippen molar-refractivity contribution in [1.82, 2.24) is 0 Å². The summed E-state index contributed by atoms with van der Waals surface area (Å²) in [5.41, 5.74) is 0.915. The van der Waals surface area contributed by atoms with Crippen molar-refractivity contribution in [2.24, 2.45) is 28.6 Å². The first-order valence-electron chi connectivity index (χ1n) is 8.11. The van der Waals surface area contributed by atoms with Gasteiger partial charge in [0.25, 0.3) is 0 Å². The average Bonchev–Trinajstić information content (AvgIpc) is 2.71. The Morgan fingerprint density at radius 3 is 2.26 bits per heavy atom. The molecule has 3 fully saturated rings. The molecule has 3 rings (SSSR count). The van der Waals surface area contributed by atoms with Gasteiger partial charge >= 0.3 is 0 Å². The zero-order chi connectivity index (χ0) is 13.8. The summed E-state index contributed by atoms with van der Waals surface area (Å²) >= 11 is 0. The highest BCUT2D eigenvalue weighted by Gasteiger charge is 2.63. The SMILES string of the molecule is COC1CCC([C@@H]2C[C@H]3CC[C@]2(C)C3(C)C)C(O)C1. The largest absolute Gasteiger partial charge is 0.393 e. The van der Waals surface area contributed by atoms with Crippen molar-refractivity contribution in [2.75, 3.05) is 7.11 Å². The number of methoxy groups -OCH3 is 1. The number of fused-ring (bicyclic) bond motifs is 2. The molecule has 0 spiro atoms. The molecule has 1 N–H and O–H groups in total. The first kappa shape index (κ1) is 13.9. The van der Waals surface area contributed by atoms with Crippen molar-refractivity contribution in [3.63, 3.8) is 0 Å². The van der Waals surface area contributed by atoms with E-state index in [2.05, 4.69) is 20.8 Å². The fourth-order valence-corrected chi connectivity index (χ4v) is 5.73. The van der Waals surface area contributed by atoms with Crippen molar-refractivity contribution in [2.45, 2.75) is 71.5 Å². The molecule has 0 aromatic rings. The number of aliphatic hydroxyl groups is 1. The Morgan fingerprint density at radius 2 is 1.79 bits per heavy atom. The van der Waals surface area contributed by atoms with Crippen LogP contribution in [0.2, 0.25) is 0 Å². The maximum Gasteiger partial charge on any atom is 0.0596 e. The highest BCUT2D eigenvalue weighted by molar-refractivity contribution is 5.12. The lowest BCUT2D eigenvalue weighted by Crippen LogP contribution is -2.43. The Labute approximate surface area is 117 Å². The van der Waals surface area contributed by atoms with Crippen molar-refractivity contribution >= 4 is 0 Å². The predicted octanol–water partition coefficient (Wildman–Crippen LogP) is 3.62. The molecule has 3 aliphatic carbocycles. The number of hydrogen-bond acceptors (Lipinski definition) is 2. The smallest absolute Gasteiger partial charge is 0.0596 e. The molecule has 2 nitrogen and oxygen atoms in total. The molecule has 0 aromatic carbocycles. The third-order valence-electron chi connectivity index (χ3n) is 7.53. The van der Waals surface area contributed by atoms with E-state index < -0.39 is 0 Å². The monoisotopic (exact) mass is 266 g/mol. The minimum absolute atomic E-state index is 0.143. The van der Waals surface area contributed by atoms with Crippen LogP contribution in [0.1, 0.15) is 59.3 Å². The molecule has 0 heterocycles. The third-order valence-corrected chi connectivity index (χ3v) is 7.53. The number of hydrogen-bond donors (Lipinski definition) is 1. The number of aliphatic hydroxyl groups excluding tert-OH is 1. The lowest BCUT2D eigenvalue weighted by molar-refractivity contribution is -0.0639. The van der Waals surface area contributed by atoms with Crippen molar-refractivity contribution in [1.29, 1.82) is 0 Å². The fraction of sp³-hybridized carbons (Fsp3) is 1.00. The second kappa shape index (κ2) is 4.46. The second-order valence-electron chi connectivity index (χ2n) is 8.12. The minimum Gasteiger partial charge on any atom is -0.393 e. The molecule has 2 heteroatoms. The summed E-state index contributed by atoms with van der Waals surface area (Å²) in [6.45, 7) is 7.44. The van der Waals surface area contributed by atoms with Gasteiger partial charge in [0.2, 0.25) is 0 Å². The Bertz CT molecular complexity index is 351. The van der Waals surface area contributed by atoms with Gasteiger partial charge in [-0.2, -0.15) is 0 Å². The summed E-state index contributed by atoms with van der Waals surface area (Å²) in [7, 11) is 1.78. The molecule has 0 saturated heterocycles. The average molecular weight is 266 g/mol. The van der Waals surface area contributed by atoms with E-state index >= 15 is 0 Å². The van der Waals surface area contributed by atoms with Gasteiger partial charge in [-0.1, -0.05) is 20.8 Å². The van der Waals surface area contributed by atoms with Gasteiger partial charge in [-0.25, -0.2) is 0 Å². The zero-order valence-electron chi connectivity index (χ0n) is 13.0. The Kier molecular flexibility index (Phi) is 3.26. The summed E-state index contributed by atoms with van der Waals surface area (Å²) in [6.07, 6.45) is 7.40. The highest BCUT2D eigenvalue weighted by atomic mass is 16.5. The number of rotatable bonds is 2. The van der Waals surface area contributed by atoms with Crippen LogP contribution in [-0.4, -0.2) is 24.4 Å². The van der Waals surface area contributed by atoms with E-state index in [1.807, 2.05) is 0 Å². The normalized spacial score (nSPS) is 52.6. The molecule has 110 valence electrons. The Morgan fingerprint density at radius 1 is 1.05 bits per heavy atom. The molecule has 0 radical (unpaired) electrons. The van der Waals surface area contributed by atoms with E-state index in [1.54, 1.807) is 7.11 Å². The van der Waals surface area contributed by atoms with E-state index in [4.69, 9.17) is 4.74 Å². The Hall–Kier alpha value is -0.0800. The summed E-state index contributed by atoms with van der Waals surface area (Å²) in [4.78, 5) is 0. The van der Waals surface area contributed by atoms with Crippen LogP contribution in [0.4, 0.5) is 0 Å². The molecule has 3 aliphatic rings. The van der Waals surface area contributed by atoms with Crippen LogP contribution < -0.4 is 0 Å². The first-order valence-corrected chi connectivity index (χ1v) is 8.11. The van der Waals surface area contributed by atoms with Gasteiger partial charge in [0.1, 0.15) is 0 Å². The summed E-state index contributed by atoms with van der Waals surface area (Å²) < 4.78 is 5.44. The summed E-state index contributed by atoms with van der Waals surface area (Å²) in [5, 5.41) is 10.6. The van der Waals surface area contributed by atoms with Crippen molar-refractivity contribution in [3.8, 4) is 0 Å². The van der Waals surface area contributed by atoms with Crippen LogP contribution in [0.25, 0.3) is 0 Å². The molecule has 3 unspecified atom stereocenters. The molecule has 0 aliphatic heterocycles. The minimum atomic E-state index is -0.143. The maximum absolute atomic E-state index is 10.6. The van der Waals surface area contributed by atoms with Gasteiger partial charge in [0.05, 0.1) is 12.2 Å². The topological polar surface area (TPSA) is 29.5 Å². The van der Waals surface area contributed by atoms with Crippen LogP contribution in [0.15, 0.2) is 0 Å². The van der Waals surface area contributed by atoms with Gasteiger partial charge in [0, 0.05) is 7.11 Å². The molecular weight excluding hydrogens is 236 g/mol. The molecule has 0 aromatic heterocycles. The van der Waals surface area contributed by atoms with Gasteiger partial charge in [-0.05, 0) is 67.1 Å². The number of ether oxygens (including phenoxy) is 1. The van der Waals surface area contributed by atoms with Crippen LogP contribution in [0.5, 0.6) is 0 Å². The standard InChI is InChI=1S/C17H30O2/c1-16(2)11-7-8-17(16,3)14(9-11)13-6-5-12(19-4)10-15(13)18/h11-15,18H,5-10H2,1-4H3/t11-,12?,13?,14+,15?,17+/m1/s1. The van der Waals surface area contributed by atoms with Gasteiger partial charge in [0.15, 0.2) is 0 Å². The van der Waals surface area contributed by atoms with E-state index in [-0.39, 0.29) is 12.2 Å². The highest BCUT2D eigenvalue weighted by Crippen LogP contribution is 2.70. The van der Waals surface area contributed by atoms with Gasteiger partial charge < -0.3 is 9.84 Å².